The first-order chi connectivity index (χ1) is 12.5. The van der Waals surface area contributed by atoms with Gasteiger partial charge in [0.15, 0.2) is 18.1 Å². The number of para-hydroxylation sites is 2. The van der Waals surface area contributed by atoms with Crippen molar-refractivity contribution in [1.29, 1.82) is 0 Å². The van der Waals surface area contributed by atoms with E-state index in [0.717, 1.165) is 5.56 Å². The SMILES string of the molecule is C[C@H](NC(=O)COC(=O)[C@H]1COc2ccccc2O1)c1ccc(Cl)cc1. The molecule has 1 aliphatic rings. The van der Waals surface area contributed by atoms with Gasteiger partial charge in [-0.2, -0.15) is 0 Å². The molecular weight excluding hydrogens is 358 g/mol. The highest BCUT2D eigenvalue weighted by molar-refractivity contribution is 6.30. The Labute approximate surface area is 156 Å². The molecule has 0 saturated heterocycles. The van der Waals surface area contributed by atoms with E-state index in [1.165, 1.54) is 0 Å². The summed E-state index contributed by atoms with van der Waals surface area (Å²) in [5.74, 6) is -0.000628. The topological polar surface area (TPSA) is 73.9 Å². The number of fused-ring (bicyclic) bond motifs is 1. The van der Waals surface area contributed by atoms with E-state index in [0.29, 0.717) is 16.5 Å². The Morgan fingerprint density at radius 2 is 1.88 bits per heavy atom. The summed E-state index contributed by atoms with van der Waals surface area (Å²) < 4.78 is 16.0. The minimum absolute atomic E-state index is 0.0403. The molecule has 2 aromatic carbocycles. The van der Waals surface area contributed by atoms with E-state index in [1.807, 2.05) is 25.1 Å². The summed E-state index contributed by atoms with van der Waals surface area (Å²) in [6, 6.07) is 14.0. The first-order valence-corrected chi connectivity index (χ1v) is 8.50. The van der Waals surface area contributed by atoms with Gasteiger partial charge in [0.2, 0.25) is 6.10 Å². The zero-order valence-electron chi connectivity index (χ0n) is 14.1. The monoisotopic (exact) mass is 375 g/mol. The highest BCUT2D eigenvalue weighted by Crippen LogP contribution is 2.31. The fourth-order valence-electron chi connectivity index (χ4n) is 2.48. The molecule has 2 atom stereocenters. The number of rotatable bonds is 5. The highest BCUT2D eigenvalue weighted by Gasteiger charge is 2.29. The Balaban J connectivity index is 1.47. The molecule has 0 aliphatic carbocycles. The van der Waals surface area contributed by atoms with E-state index in [-0.39, 0.29) is 12.6 Å². The summed E-state index contributed by atoms with van der Waals surface area (Å²) in [5.41, 5.74) is 0.898. The minimum Gasteiger partial charge on any atom is -0.485 e. The van der Waals surface area contributed by atoms with Crippen LogP contribution >= 0.6 is 11.6 Å². The van der Waals surface area contributed by atoms with Gasteiger partial charge in [0.05, 0.1) is 6.04 Å². The molecule has 3 rings (SSSR count). The van der Waals surface area contributed by atoms with E-state index in [4.69, 9.17) is 25.8 Å². The van der Waals surface area contributed by atoms with Crippen molar-refractivity contribution >= 4 is 23.5 Å². The summed E-state index contributed by atoms with van der Waals surface area (Å²) in [7, 11) is 0. The van der Waals surface area contributed by atoms with E-state index in [1.54, 1.807) is 30.3 Å². The molecule has 2 aromatic rings. The molecule has 0 fully saturated rings. The van der Waals surface area contributed by atoms with Crippen LogP contribution in [0.1, 0.15) is 18.5 Å². The number of nitrogens with one attached hydrogen (secondary N) is 1. The number of amides is 1. The van der Waals surface area contributed by atoms with Crippen molar-refractivity contribution in [1.82, 2.24) is 5.32 Å². The third-order valence-corrected chi connectivity index (χ3v) is 4.12. The molecule has 7 heteroatoms. The predicted molar refractivity (Wildman–Crippen MR) is 95.3 cm³/mol. The lowest BCUT2D eigenvalue weighted by molar-refractivity contribution is -0.157. The Hall–Kier alpha value is -2.73. The lowest BCUT2D eigenvalue weighted by atomic mass is 10.1. The molecular formula is C19H18ClNO5. The van der Waals surface area contributed by atoms with E-state index >= 15 is 0 Å². The number of carbonyl (C=O) groups excluding carboxylic acids is 2. The molecule has 1 N–H and O–H groups in total. The molecule has 1 amide bonds. The predicted octanol–water partition coefficient (Wildman–Crippen LogP) is 2.90. The zero-order valence-corrected chi connectivity index (χ0v) is 14.9. The number of halogens is 1. The van der Waals surface area contributed by atoms with Crippen molar-refractivity contribution in [3.8, 4) is 11.5 Å². The molecule has 0 unspecified atom stereocenters. The number of hydrogen-bond donors (Lipinski definition) is 1. The van der Waals surface area contributed by atoms with Gasteiger partial charge in [0.1, 0.15) is 6.61 Å². The van der Waals surface area contributed by atoms with E-state index in [9.17, 15) is 9.59 Å². The molecule has 0 radical (unpaired) electrons. The van der Waals surface area contributed by atoms with Crippen molar-refractivity contribution in [2.45, 2.75) is 19.1 Å². The number of hydrogen-bond acceptors (Lipinski definition) is 5. The van der Waals surface area contributed by atoms with Crippen LogP contribution in [-0.2, 0) is 14.3 Å². The molecule has 136 valence electrons. The lowest BCUT2D eigenvalue weighted by Gasteiger charge is -2.24. The second-order valence-corrected chi connectivity index (χ2v) is 6.25. The third kappa shape index (κ3) is 4.46. The molecule has 1 aliphatic heterocycles. The molecule has 0 aromatic heterocycles. The van der Waals surface area contributed by atoms with Gasteiger partial charge in [-0.3, -0.25) is 4.79 Å². The Kier molecular flexibility index (Phi) is 5.63. The molecule has 6 nitrogen and oxygen atoms in total. The molecule has 1 heterocycles. The average molecular weight is 376 g/mol. The van der Waals surface area contributed by atoms with E-state index < -0.39 is 24.6 Å². The van der Waals surface area contributed by atoms with Crippen LogP contribution in [0.25, 0.3) is 0 Å². The van der Waals surface area contributed by atoms with E-state index in [2.05, 4.69) is 5.32 Å². The van der Waals surface area contributed by atoms with Gasteiger partial charge in [0, 0.05) is 5.02 Å². The quantitative estimate of drug-likeness (QED) is 0.813. The Bertz CT molecular complexity index is 793. The van der Waals surface area contributed by atoms with Crippen LogP contribution in [-0.4, -0.2) is 31.2 Å². The summed E-state index contributed by atoms with van der Waals surface area (Å²) in [6.45, 7) is 1.48. The van der Waals surface area contributed by atoms with Crippen molar-refractivity contribution in [3.63, 3.8) is 0 Å². The van der Waals surface area contributed by atoms with Crippen molar-refractivity contribution in [2.24, 2.45) is 0 Å². The maximum atomic E-state index is 12.1. The van der Waals surface area contributed by atoms with Crippen molar-refractivity contribution in [3.05, 3.63) is 59.1 Å². The van der Waals surface area contributed by atoms with Crippen LogP contribution in [0.5, 0.6) is 11.5 Å². The Morgan fingerprint density at radius 1 is 1.19 bits per heavy atom. The lowest BCUT2D eigenvalue weighted by Crippen LogP contribution is -2.40. The summed E-state index contributed by atoms with van der Waals surface area (Å²) in [5, 5.41) is 3.38. The third-order valence-electron chi connectivity index (χ3n) is 3.86. The zero-order chi connectivity index (χ0) is 18.5. The van der Waals surface area contributed by atoms with Gasteiger partial charge in [-0.1, -0.05) is 35.9 Å². The van der Waals surface area contributed by atoms with Gasteiger partial charge >= 0.3 is 5.97 Å². The summed E-state index contributed by atoms with van der Waals surface area (Å²) >= 11 is 5.85. The van der Waals surface area contributed by atoms with Gasteiger partial charge < -0.3 is 19.5 Å². The Morgan fingerprint density at radius 3 is 2.62 bits per heavy atom. The molecule has 26 heavy (non-hydrogen) atoms. The summed E-state index contributed by atoms with van der Waals surface area (Å²) in [6.07, 6.45) is -0.897. The maximum Gasteiger partial charge on any atom is 0.351 e. The number of benzene rings is 2. The van der Waals surface area contributed by atoms with Crippen LogP contribution in [0, 0.1) is 0 Å². The fraction of sp³-hybridized carbons (Fsp3) is 0.263. The molecule has 0 spiro atoms. The highest BCUT2D eigenvalue weighted by atomic mass is 35.5. The normalized spacial score (nSPS) is 16.5. The molecule has 0 bridgehead atoms. The second kappa shape index (κ2) is 8.10. The number of esters is 1. The first-order valence-electron chi connectivity index (χ1n) is 8.13. The number of carbonyl (C=O) groups is 2. The fourth-order valence-corrected chi connectivity index (χ4v) is 2.61. The number of ether oxygens (including phenoxy) is 3. The standard InChI is InChI=1S/C19H18ClNO5/c1-12(13-6-8-14(20)9-7-13)21-18(22)11-25-19(23)17-10-24-15-4-2-3-5-16(15)26-17/h2-9,12,17H,10-11H2,1H3,(H,21,22)/t12-,17+/m0/s1. The van der Waals surface area contributed by atoms with Crippen LogP contribution in [0.4, 0.5) is 0 Å². The van der Waals surface area contributed by atoms with Crippen molar-refractivity contribution in [2.75, 3.05) is 13.2 Å². The smallest absolute Gasteiger partial charge is 0.351 e. The van der Waals surface area contributed by atoms with Gasteiger partial charge in [0.25, 0.3) is 5.91 Å². The largest absolute Gasteiger partial charge is 0.485 e. The van der Waals surface area contributed by atoms with Crippen LogP contribution < -0.4 is 14.8 Å². The van der Waals surface area contributed by atoms with Crippen LogP contribution in [0.15, 0.2) is 48.5 Å². The average Bonchev–Trinajstić information content (AvgIpc) is 2.66. The van der Waals surface area contributed by atoms with Crippen LogP contribution in [0.3, 0.4) is 0 Å². The first kappa shape index (κ1) is 18.1. The molecule has 0 saturated carbocycles. The van der Waals surface area contributed by atoms with Crippen LogP contribution in [0.2, 0.25) is 5.02 Å². The van der Waals surface area contributed by atoms with Gasteiger partial charge in [-0.25, -0.2) is 4.79 Å². The summed E-state index contributed by atoms with van der Waals surface area (Å²) in [4.78, 5) is 24.1. The van der Waals surface area contributed by atoms with Gasteiger partial charge in [-0.05, 0) is 36.8 Å². The minimum atomic E-state index is -0.897. The second-order valence-electron chi connectivity index (χ2n) is 5.81. The van der Waals surface area contributed by atoms with Gasteiger partial charge in [-0.15, -0.1) is 0 Å². The maximum absolute atomic E-state index is 12.1. The van der Waals surface area contributed by atoms with Crippen molar-refractivity contribution < 1.29 is 23.8 Å².